The van der Waals surface area contributed by atoms with Crippen LogP contribution in [-0.2, 0) is 13.5 Å². The van der Waals surface area contributed by atoms with Gasteiger partial charge in [0.15, 0.2) is 0 Å². The summed E-state index contributed by atoms with van der Waals surface area (Å²) in [6.45, 7) is 2.60. The molecule has 4 nitrogen and oxygen atoms in total. The summed E-state index contributed by atoms with van der Waals surface area (Å²) in [4.78, 5) is 16.3. The van der Waals surface area contributed by atoms with Crippen molar-refractivity contribution in [2.24, 2.45) is 7.05 Å². The van der Waals surface area contributed by atoms with E-state index in [9.17, 15) is 4.79 Å². The number of halogens is 1. The Morgan fingerprint density at radius 2 is 2.26 bits per heavy atom. The Balaban J connectivity index is 1.95. The Morgan fingerprint density at radius 3 is 2.95 bits per heavy atom. The van der Waals surface area contributed by atoms with Gasteiger partial charge in [0.25, 0.3) is 5.91 Å². The summed E-state index contributed by atoms with van der Waals surface area (Å²) in [6, 6.07) is 5.77. The molecule has 0 aliphatic rings. The second-order valence-electron chi connectivity index (χ2n) is 4.40. The van der Waals surface area contributed by atoms with Crippen LogP contribution in [0.4, 0.5) is 0 Å². The highest BCUT2D eigenvalue weighted by molar-refractivity contribution is 14.1. The Kier molecular flexibility index (Phi) is 4.57. The molecule has 0 bridgehead atoms. The number of imidazole rings is 1. The predicted molar refractivity (Wildman–Crippen MR) is 83.1 cm³/mol. The van der Waals surface area contributed by atoms with Crippen LogP contribution < -0.4 is 5.32 Å². The largest absolute Gasteiger partial charge is 0.352 e. The smallest absolute Gasteiger partial charge is 0.252 e. The van der Waals surface area contributed by atoms with Crippen LogP contribution in [0.3, 0.4) is 0 Å². The number of aryl methyl sites for hydroxylation is 2. The van der Waals surface area contributed by atoms with Crippen LogP contribution in [0.15, 0.2) is 30.6 Å². The van der Waals surface area contributed by atoms with Crippen molar-refractivity contribution in [1.82, 2.24) is 14.9 Å². The highest BCUT2D eigenvalue weighted by Crippen LogP contribution is 2.16. The van der Waals surface area contributed by atoms with Crippen molar-refractivity contribution >= 4 is 28.5 Å². The molecule has 0 radical (unpaired) electrons. The second-order valence-corrected chi connectivity index (χ2v) is 5.48. The first-order valence-electron chi connectivity index (χ1n) is 6.09. The van der Waals surface area contributed by atoms with E-state index in [0.717, 1.165) is 26.9 Å². The molecule has 1 heterocycles. The SMILES string of the molecule is Cc1cccc(C(=O)NCCc2nccn2C)c1I. The van der Waals surface area contributed by atoms with Crippen LogP contribution in [0, 0.1) is 10.5 Å². The van der Waals surface area contributed by atoms with Gasteiger partial charge in [0.2, 0.25) is 0 Å². The summed E-state index contributed by atoms with van der Waals surface area (Å²) in [6.07, 6.45) is 4.40. The molecule has 0 fully saturated rings. The molecule has 2 rings (SSSR count). The zero-order chi connectivity index (χ0) is 13.8. The number of nitrogens with one attached hydrogen (secondary N) is 1. The number of carbonyl (C=O) groups is 1. The number of amides is 1. The van der Waals surface area contributed by atoms with E-state index in [1.54, 1.807) is 6.20 Å². The standard InChI is InChI=1S/C14H16IN3O/c1-10-4-3-5-11(13(10)15)14(19)17-7-6-12-16-8-9-18(12)2/h3-5,8-9H,6-7H2,1-2H3,(H,17,19). The van der Waals surface area contributed by atoms with Gasteiger partial charge in [0, 0.05) is 36.0 Å². The molecule has 1 N–H and O–H groups in total. The summed E-state index contributed by atoms with van der Waals surface area (Å²) >= 11 is 2.21. The van der Waals surface area contributed by atoms with Gasteiger partial charge in [0.1, 0.15) is 5.82 Å². The van der Waals surface area contributed by atoms with Gasteiger partial charge >= 0.3 is 0 Å². The van der Waals surface area contributed by atoms with E-state index >= 15 is 0 Å². The molecule has 0 atom stereocenters. The fraction of sp³-hybridized carbons (Fsp3) is 0.286. The maximum Gasteiger partial charge on any atom is 0.252 e. The zero-order valence-corrected chi connectivity index (χ0v) is 13.1. The van der Waals surface area contributed by atoms with Crippen molar-refractivity contribution in [3.05, 3.63) is 51.1 Å². The number of aromatic nitrogens is 2. The normalized spacial score (nSPS) is 10.5. The summed E-state index contributed by atoms with van der Waals surface area (Å²) in [5.41, 5.74) is 1.86. The summed E-state index contributed by atoms with van der Waals surface area (Å²) in [5, 5.41) is 2.94. The first kappa shape index (κ1) is 14.0. The van der Waals surface area contributed by atoms with Gasteiger partial charge in [-0.1, -0.05) is 12.1 Å². The van der Waals surface area contributed by atoms with Gasteiger partial charge in [-0.2, -0.15) is 0 Å². The van der Waals surface area contributed by atoms with E-state index < -0.39 is 0 Å². The van der Waals surface area contributed by atoms with E-state index in [1.165, 1.54) is 0 Å². The van der Waals surface area contributed by atoms with Gasteiger partial charge < -0.3 is 9.88 Å². The fourth-order valence-electron chi connectivity index (χ4n) is 1.84. The molecular formula is C14H16IN3O. The first-order valence-corrected chi connectivity index (χ1v) is 7.17. The van der Waals surface area contributed by atoms with Crippen LogP contribution in [-0.4, -0.2) is 22.0 Å². The van der Waals surface area contributed by atoms with E-state index in [2.05, 4.69) is 32.9 Å². The van der Waals surface area contributed by atoms with Gasteiger partial charge in [-0.25, -0.2) is 4.98 Å². The van der Waals surface area contributed by atoms with E-state index in [1.807, 2.05) is 42.9 Å². The van der Waals surface area contributed by atoms with E-state index in [0.29, 0.717) is 6.54 Å². The lowest BCUT2D eigenvalue weighted by atomic mass is 10.1. The van der Waals surface area contributed by atoms with Crippen molar-refractivity contribution in [3.63, 3.8) is 0 Å². The minimum Gasteiger partial charge on any atom is -0.352 e. The van der Waals surface area contributed by atoms with E-state index in [4.69, 9.17) is 0 Å². The van der Waals surface area contributed by atoms with Crippen LogP contribution in [0.5, 0.6) is 0 Å². The fourth-order valence-corrected chi connectivity index (χ4v) is 2.45. The van der Waals surface area contributed by atoms with Crippen molar-refractivity contribution in [3.8, 4) is 0 Å². The topological polar surface area (TPSA) is 46.9 Å². The summed E-state index contributed by atoms with van der Waals surface area (Å²) < 4.78 is 2.97. The lowest BCUT2D eigenvalue weighted by Gasteiger charge is -2.08. The Hall–Kier alpha value is -1.37. The molecule has 0 saturated heterocycles. The van der Waals surface area contributed by atoms with Crippen LogP contribution in [0.1, 0.15) is 21.7 Å². The quantitative estimate of drug-likeness (QED) is 0.841. The lowest BCUT2D eigenvalue weighted by Crippen LogP contribution is -2.27. The van der Waals surface area contributed by atoms with Gasteiger partial charge in [-0.05, 0) is 41.1 Å². The molecule has 2 aromatic rings. The molecule has 1 aromatic carbocycles. The monoisotopic (exact) mass is 369 g/mol. The number of benzene rings is 1. The lowest BCUT2D eigenvalue weighted by molar-refractivity contribution is 0.0953. The Labute approximate surface area is 126 Å². The average Bonchev–Trinajstić information content (AvgIpc) is 2.78. The number of hydrogen-bond donors (Lipinski definition) is 1. The molecular weight excluding hydrogens is 353 g/mol. The summed E-state index contributed by atoms with van der Waals surface area (Å²) in [7, 11) is 1.95. The first-order chi connectivity index (χ1) is 9.09. The molecule has 5 heteroatoms. The second kappa shape index (κ2) is 6.18. The van der Waals surface area contributed by atoms with Crippen molar-refractivity contribution in [2.45, 2.75) is 13.3 Å². The number of hydrogen-bond acceptors (Lipinski definition) is 2. The van der Waals surface area contributed by atoms with Crippen molar-refractivity contribution < 1.29 is 4.79 Å². The highest BCUT2D eigenvalue weighted by Gasteiger charge is 2.10. The maximum absolute atomic E-state index is 12.1. The van der Waals surface area contributed by atoms with Crippen LogP contribution in [0.2, 0.25) is 0 Å². The van der Waals surface area contributed by atoms with Gasteiger partial charge in [-0.15, -0.1) is 0 Å². The summed E-state index contributed by atoms with van der Waals surface area (Å²) in [5.74, 6) is 0.946. The Bertz CT molecular complexity index is 592. The maximum atomic E-state index is 12.1. The zero-order valence-electron chi connectivity index (χ0n) is 11.0. The van der Waals surface area contributed by atoms with Crippen LogP contribution in [0.25, 0.3) is 0 Å². The van der Waals surface area contributed by atoms with Gasteiger partial charge in [-0.3, -0.25) is 4.79 Å². The van der Waals surface area contributed by atoms with Crippen LogP contribution >= 0.6 is 22.6 Å². The molecule has 0 spiro atoms. The molecule has 0 aliphatic heterocycles. The molecule has 0 saturated carbocycles. The van der Waals surface area contributed by atoms with E-state index in [-0.39, 0.29) is 5.91 Å². The predicted octanol–water partition coefficient (Wildman–Crippen LogP) is 2.31. The molecule has 19 heavy (non-hydrogen) atoms. The third-order valence-electron chi connectivity index (χ3n) is 2.99. The molecule has 1 aromatic heterocycles. The van der Waals surface area contributed by atoms with Gasteiger partial charge in [0.05, 0.1) is 5.56 Å². The number of rotatable bonds is 4. The number of nitrogens with zero attached hydrogens (tertiary/aromatic N) is 2. The molecule has 1 amide bonds. The minimum absolute atomic E-state index is 0.0256. The molecule has 0 aliphatic carbocycles. The Morgan fingerprint density at radius 1 is 1.47 bits per heavy atom. The molecule has 100 valence electrons. The third-order valence-corrected chi connectivity index (χ3v) is 4.42. The number of carbonyl (C=O) groups excluding carboxylic acids is 1. The van der Waals surface area contributed by atoms with Crippen molar-refractivity contribution in [1.29, 1.82) is 0 Å². The third kappa shape index (κ3) is 3.34. The highest BCUT2D eigenvalue weighted by atomic mass is 127. The molecule has 0 unspecified atom stereocenters. The minimum atomic E-state index is -0.0256. The average molecular weight is 369 g/mol. The van der Waals surface area contributed by atoms with Crippen molar-refractivity contribution in [2.75, 3.05) is 6.54 Å².